The number of benzene rings is 1. The number of aryl methyl sites for hydroxylation is 1. The Labute approximate surface area is 152 Å². The van der Waals surface area contributed by atoms with Crippen molar-refractivity contribution in [3.05, 3.63) is 51.7 Å². The molecule has 2 aromatic rings. The van der Waals surface area contributed by atoms with Crippen LogP contribution in [0.4, 0.5) is 0 Å². The molecule has 5 nitrogen and oxygen atoms in total. The summed E-state index contributed by atoms with van der Waals surface area (Å²) in [6, 6.07) is 10.4. The summed E-state index contributed by atoms with van der Waals surface area (Å²) < 4.78 is 11.5. The summed E-state index contributed by atoms with van der Waals surface area (Å²) in [7, 11) is 0. The monoisotopic (exact) mass is 359 g/mol. The van der Waals surface area contributed by atoms with Gasteiger partial charge in [-0.2, -0.15) is 0 Å². The van der Waals surface area contributed by atoms with Gasteiger partial charge in [0.15, 0.2) is 5.96 Å². The van der Waals surface area contributed by atoms with Gasteiger partial charge in [-0.25, -0.2) is 4.99 Å². The smallest absolute Gasteiger partial charge is 0.188 e. The van der Waals surface area contributed by atoms with Gasteiger partial charge in [-0.15, -0.1) is 11.3 Å². The van der Waals surface area contributed by atoms with Crippen LogP contribution >= 0.6 is 11.3 Å². The van der Waals surface area contributed by atoms with Crippen molar-refractivity contribution in [3.8, 4) is 5.75 Å². The molecule has 1 unspecified atom stereocenters. The summed E-state index contributed by atoms with van der Waals surface area (Å²) in [6.07, 6.45) is 2.02. The summed E-state index contributed by atoms with van der Waals surface area (Å²) in [5.74, 6) is 1.35. The second-order valence-electron chi connectivity index (χ2n) is 6.17. The Bertz CT molecular complexity index is 695. The normalized spacial score (nSPS) is 17.6. The predicted octanol–water partition coefficient (Wildman–Crippen LogP) is 2.87. The van der Waals surface area contributed by atoms with E-state index in [0.717, 1.165) is 37.3 Å². The van der Waals surface area contributed by atoms with Gasteiger partial charge in [0.25, 0.3) is 0 Å². The first-order valence-electron chi connectivity index (χ1n) is 8.61. The molecular formula is C19H25N3O2S. The van der Waals surface area contributed by atoms with Gasteiger partial charge in [0.1, 0.15) is 11.9 Å². The van der Waals surface area contributed by atoms with Crippen molar-refractivity contribution < 1.29 is 9.47 Å². The highest BCUT2D eigenvalue weighted by atomic mass is 32.1. The van der Waals surface area contributed by atoms with E-state index < -0.39 is 0 Å². The first-order valence-corrected chi connectivity index (χ1v) is 9.49. The third-order valence-electron chi connectivity index (χ3n) is 4.08. The van der Waals surface area contributed by atoms with E-state index in [1.165, 1.54) is 10.4 Å². The van der Waals surface area contributed by atoms with Gasteiger partial charge in [-0.3, -0.25) is 0 Å². The summed E-state index contributed by atoms with van der Waals surface area (Å²) >= 11 is 1.76. The van der Waals surface area contributed by atoms with Crippen molar-refractivity contribution in [1.29, 1.82) is 0 Å². The second-order valence-corrected chi connectivity index (χ2v) is 7.20. The number of nitrogens with one attached hydrogen (secondary N) is 1. The molecule has 0 spiro atoms. The fourth-order valence-corrected chi connectivity index (χ4v) is 3.39. The molecule has 3 rings (SSSR count). The third-order valence-corrected chi connectivity index (χ3v) is 5.02. The van der Waals surface area contributed by atoms with Crippen LogP contribution in [-0.2, 0) is 17.7 Å². The summed E-state index contributed by atoms with van der Waals surface area (Å²) in [5, 5.41) is 5.25. The van der Waals surface area contributed by atoms with E-state index in [4.69, 9.17) is 15.2 Å². The quantitative estimate of drug-likeness (QED) is 0.589. The molecule has 25 heavy (non-hydrogen) atoms. The van der Waals surface area contributed by atoms with E-state index in [-0.39, 0.29) is 6.10 Å². The average Bonchev–Trinajstić information content (AvgIpc) is 3.28. The van der Waals surface area contributed by atoms with Gasteiger partial charge in [0, 0.05) is 23.4 Å². The molecule has 1 aromatic carbocycles. The number of hydrogen-bond acceptors (Lipinski definition) is 4. The van der Waals surface area contributed by atoms with Crippen molar-refractivity contribution in [2.45, 2.75) is 32.4 Å². The highest BCUT2D eigenvalue weighted by molar-refractivity contribution is 7.09. The van der Waals surface area contributed by atoms with Crippen LogP contribution < -0.4 is 15.8 Å². The van der Waals surface area contributed by atoms with Crippen LogP contribution in [0.1, 0.15) is 22.4 Å². The summed E-state index contributed by atoms with van der Waals surface area (Å²) in [6.45, 7) is 4.77. The highest BCUT2D eigenvalue weighted by Crippen LogP contribution is 2.24. The lowest BCUT2D eigenvalue weighted by atomic mass is 10.1. The molecule has 3 N–H and O–H groups in total. The standard InChI is InChI=1S/C19H25N3O2S/c1-14-4-5-15(18(11-14)24-16-7-9-23-13-16)12-22-19(20)21-8-6-17-3-2-10-25-17/h2-5,10-11,16H,6-9,12-13H2,1H3,(H3,20,21,22). The maximum atomic E-state index is 6.10. The minimum Gasteiger partial charge on any atom is -0.488 e. The lowest BCUT2D eigenvalue weighted by Gasteiger charge is -2.15. The Morgan fingerprint density at radius 2 is 2.36 bits per heavy atom. The molecule has 0 radical (unpaired) electrons. The molecule has 1 aliphatic rings. The summed E-state index contributed by atoms with van der Waals surface area (Å²) in [4.78, 5) is 5.79. The maximum Gasteiger partial charge on any atom is 0.188 e. The fraction of sp³-hybridized carbons (Fsp3) is 0.421. The fourth-order valence-electron chi connectivity index (χ4n) is 2.68. The number of rotatable bonds is 7. The molecular weight excluding hydrogens is 334 g/mol. The number of hydrogen-bond donors (Lipinski definition) is 2. The van der Waals surface area contributed by atoms with Crippen molar-refractivity contribution in [2.24, 2.45) is 10.7 Å². The minimum absolute atomic E-state index is 0.130. The van der Waals surface area contributed by atoms with Crippen LogP contribution in [-0.4, -0.2) is 31.8 Å². The van der Waals surface area contributed by atoms with Crippen molar-refractivity contribution in [2.75, 3.05) is 19.8 Å². The SMILES string of the molecule is Cc1ccc(CN=C(N)NCCc2cccs2)c(OC2CCOC2)c1. The van der Waals surface area contributed by atoms with Crippen molar-refractivity contribution >= 4 is 17.3 Å². The second kappa shape index (κ2) is 8.87. The first-order chi connectivity index (χ1) is 12.2. The van der Waals surface area contributed by atoms with E-state index in [2.05, 4.69) is 52.9 Å². The molecule has 0 aliphatic carbocycles. The molecule has 1 fully saturated rings. The molecule has 1 aliphatic heterocycles. The lowest BCUT2D eigenvalue weighted by Crippen LogP contribution is -2.33. The number of ether oxygens (including phenoxy) is 2. The van der Waals surface area contributed by atoms with Crippen molar-refractivity contribution in [1.82, 2.24) is 5.32 Å². The Morgan fingerprint density at radius 1 is 1.44 bits per heavy atom. The van der Waals surface area contributed by atoms with E-state index in [1.54, 1.807) is 11.3 Å². The first kappa shape index (κ1) is 17.8. The largest absolute Gasteiger partial charge is 0.488 e. The lowest BCUT2D eigenvalue weighted by molar-refractivity contribution is 0.140. The zero-order chi connectivity index (χ0) is 17.5. The Balaban J connectivity index is 1.55. The molecule has 1 atom stereocenters. The van der Waals surface area contributed by atoms with Gasteiger partial charge < -0.3 is 20.5 Å². The van der Waals surface area contributed by atoms with Crippen LogP contribution in [0.3, 0.4) is 0 Å². The van der Waals surface area contributed by atoms with Crippen LogP contribution in [0, 0.1) is 6.92 Å². The highest BCUT2D eigenvalue weighted by Gasteiger charge is 2.18. The number of aliphatic imine (C=N–C) groups is 1. The molecule has 0 amide bonds. The van der Waals surface area contributed by atoms with E-state index >= 15 is 0 Å². The topological polar surface area (TPSA) is 68.9 Å². The Morgan fingerprint density at radius 3 is 3.12 bits per heavy atom. The molecule has 1 aromatic heterocycles. The van der Waals surface area contributed by atoms with E-state index in [1.807, 2.05) is 0 Å². The Kier molecular flexibility index (Phi) is 6.30. The van der Waals surface area contributed by atoms with Crippen LogP contribution in [0.15, 0.2) is 40.7 Å². The molecule has 0 saturated carbocycles. The van der Waals surface area contributed by atoms with Crippen molar-refractivity contribution in [3.63, 3.8) is 0 Å². The van der Waals surface area contributed by atoms with Gasteiger partial charge >= 0.3 is 0 Å². The number of thiophene rings is 1. The van der Waals surface area contributed by atoms with E-state index in [0.29, 0.717) is 19.1 Å². The van der Waals surface area contributed by atoms with Crippen LogP contribution in [0.5, 0.6) is 5.75 Å². The zero-order valence-electron chi connectivity index (χ0n) is 14.5. The Hall–Kier alpha value is -2.05. The number of nitrogens with zero attached hydrogens (tertiary/aromatic N) is 1. The molecule has 1 saturated heterocycles. The number of guanidine groups is 1. The molecule has 2 heterocycles. The number of nitrogens with two attached hydrogens (primary N) is 1. The van der Waals surface area contributed by atoms with Gasteiger partial charge in [-0.1, -0.05) is 18.2 Å². The van der Waals surface area contributed by atoms with Gasteiger partial charge in [0.2, 0.25) is 0 Å². The summed E-state index contributed by atoms with van der Waals surface area (Å²) in [5.41, 5.74) is 8.20. The van der Waals surface area contributed by atoms with Crippen LogP contribution in [0.2, 0.25) is 0 Å². The minimum atomic E-state index is 0.130. The van der Waals surface area contributed by atoms with Gasteiger partial charge in [-0.05, 0) is 36.4 Å². The molecule has 0 bridgehead atoms. The third kappa shape index (κ3) is 5.47. The molecule has 134 valence electrons. The van der Waals surface area contributed by atoms with Crippen LogP contribution in [0.25, 0.3) is 0 Å². The molecule has 6 heteroatoms. The van der Waals surface area contributed by atoms with Gasteiger partial charge in [0.05, 0.1) is 19.8 Å². The van der Waals surface area contributed by atoms with E-state index in [9.17, 15) is 0 Å². The predicted molar refractivity (Wildman–Crippen MR) is 102 cm³/mol. The zero-order valence-corrected chi connectivity index (χ0v) is 15.3. The average molecular weight is 359 g/mol. The maximum absolute atomic E-state index is 6.10.